The van der Waals surface area contributed by atoms with Gasteiger partial charge in [-0.1, -0.05) is 19.1 Å². The van der Waals surface area contributed by atoms with Gasteiger partial charge in [-0.25, -0.2) is 4.79 Å². The second kappa shape index (κ2) is 9.23. The zero-order valence-electron chi connectivity index (χ0n) is 14.5. The van der Waals surface area contributed by atoms with Crippen LogP contribution in [0.2, 0.25) is 0 Å². The summed E-state index contributed by atoms with van der Waals surface area (Å²) in [4.78, 5) is 47.9. The number of thioether (sulfide) groups is 1. The molecule has 0 aliphatic carbocycles. The number of anilines is 1. The van der Waals surface area contributed by atoms with E-state index in [-0.39, 0.29) is 18.4 Å². The maximum Gasteiger partial charge on any atom is 0.321 e. The highest BCUT2D eigenvalue weighted by molar-refractivity contribution is 8.01. The van der Waals surface area contributed by atoms with E-state index in [0.29, 0.717) is 5.69 Å². The second-order valence-electron chi connectivity index (χ2n) is 5.79. The molecule has 2 rings (SSSR count). The van der Waals surface area contributed by atoms with Crippen molar-refractivity contribution >= 4 is 41.3 Å². The molecule has 2 atom stereocenters. The molecule has 1 aromatic rings. The molecule has 0 radical (unpaired) electrons. The molecule has 0 saturated carbocycles. The smallest absolute Gasteiger partial charge is 0.321 e. The summed E-state index contributed by atoms with van der Waals surface area (Å²) in [6, 6.07) is 6.57. The number of esters is 1. The van der Waals surface area contributed by atoms with E-state index in [1.807, 2.05) is 25.1 Å². The SMILES string of the molecule is CC[C@H](C)NC(=O)NC(=O)COC(=O)C[C@@H]1Sc2ccccc2NC1=O. The van der Waals surface area contributed by atoms with Crippen molar-refractivity contribution < 1.29 is 23.9 Å². The minimum Gasteiger partial charge on any atom is -0.456 e. The number of imide groups is 1. The summed E-state index contributed by atoms with van der Waals surface area (Å²) in [5.74, 6) is -1.71. The fourth-order valence-electron chi connectivity index (χ4n) is 2.11. The Morgan fingerprint density at radius 3 is 2.77 bits per heavy atom. The third-order valence-electron chi connectivity index (χ3n) is 3.67. The van der Waals surface area contributed by atoms with Gasteiger partial charge in [0.2, 0.25) is 5.91 Å². The van der Waals surface area contributed by atoms with Gasteiger partial charge in [0.15, 0.2) is 6.61 Å². The molecule has 1 aliphatic rings. The highest BCUT2D eigenvalue weighted by atomic mass is 32.2. The highest BCUT2D eigenvalue weighted by Gasteiger charge is 2.29. The summed E-state index contributed by atoms with van der Waals surface area (Å²) in [7, 11) is 0. The van der Waals surface area contributed by atoms with Crippen molar-refractivity contribution in [1.82, 2.24) is 10.6 Å². The number of carbonyl (C=O) groups is 4. The first kappa shape index (κ1) is 19.8. The largest absolute Gasteiger partial charge is 0.456 e. The van der Waals surface area contributed by atoms with Crippen LogP contribution in [-0.4, -0.2) is 41.7 Å². The first-order valence-electron chi connectivity index (χ1n) is 8.21. The van der Waals surface area contributed by atoms with Gasteiger partial charge in [-0.15, -0.1) is 11.8 Å². The zero-order valence-corrected chi connectivity index (χ0v) is 15.4. The number of hydrogen-bond acceptors (Lipinski definition) is 6. The molecular weight excluding hydrogens is 358 g/mol. The van der Waals surface area contributed by atoms with E-state index in [1.54, 1.807) is 13.0 Å². The van der Waals surface area contributed by atoms with E-state index in [2.05, 4.69) is 16.0 Å². The molecule has 0 bridgehead atoms. The molecular formula is C17H21N3O5S. The van der Waals surface area contributed by atoms with Crippen LogP contribution < -0.4 is 16.0 Å². The van der Waals surface area contributed by atoms with Crippen molar-refractivity contribution in [1.29, 1.82) is 0 Å². The van der Waals surface area contributed by atoms with E-state index in [4.69, 9.17) is 4.74 Å². The Hall–Kier alpha value is -2.55. The number of ether oxygens (including phenoxy) is 1. The second-order valence-corrected chi connectivity index (χ2v) is 7.03. The number of hydrogen-bond donors (Lipinski definition) is 3. The molecule has 0 spiro atoms. The van der Waals surface area contributed by atoms with Crippen LogP contribution in [-0.2, 0) is 19.1 Å². The maximum atomic E-state index is 12.0. The fraction of sp³-hybridized carbons (Fsp3) is 0.412. The standard InChI is InChI=1S/C17H21N3O5S/c1-3-10(2)18-17(24)20-14(21)9-25-15(22)8-13-16(23)19-11-6-4-5-7-12(11)26-13/h4-7,10,13H,3,8-9H2,1-2H3,(H,19,23)(H2,18,20,21,24)/t10-,13-/m0/s1. The van der Waals surface area contributed by atoms with Crippen molar-refractivity contribution in [3.8, 4) is 0 Å². The maximum absolute atomic E-state index is 12.0. The van der Waals surface area contributed by atoms with Crippen LogP contribution in [0.1, 0.15) is 26.7 Å². The van der Waals surface area contributed by atoms with Gasteiger partial charge >= 0.3 is 12.0 Å². The Morgan fingerprint density at radius 1 is 1.31 bits per heavy atom. The van der Waals surface area contributed by atoms with Crippen LogP contribution in [0.5, 0.6) is 0 Å². The molecule has 4 amide bonds. The molecule has 8 nitrogen and oxygen atoms in total. The minimum absolute atomic E-state index is 0.0740. The number of para-hydroxylation sites is 1. The van der Waals surface area contributed by atoms with Crippen molar-refractivity contribution in [2.24, 2.45) is 0 Å². The summed E-state index contributed by atoms with van der Waals surface area (Å²) < 4.78 is 4.85. The van der Waals surface area contributed by atoms with Gasteiger partial charge in [0.05, 0.1) is 17.4 Å². The predicted octanol–water partition coefficient (Wildman–Crippen LogP) is 1.66. The Morgan fingerprint density at radius 2 is 2.04 bits per heavy atom. The van der Waals surface area contributed by atoms with Crippen molar-refractivity contribution in [3.63, 3.8) is 0 Å². The van der Waals surface area contributed by atoms with E-state index >= 15 is 0 Å². The number of amides is 4. The number of carbonyl (C=O) groups excluding carboxylic acids is 4. The lowest BCUT2D eigenvalue weighted by Crippen LogP contribution is -2.44. The third-order valence-corrected chi connectivity index (χ3v) is 4.94. The number of rotatable bonds is 6. The lowest BCUT2D eigenvalue weighted by Gasteiger charge is -2.23. The molecule has 1 aromatic carbocycles. The number of urea groups is 1. The Labute approximate surface area is 155 Å². The molecule has 0 unspecified atom stereocenters. The average molecular weight is 379 g/mol. The molecule has 3 N–H and O–H groups in total. The minimum atomic E-state index is -0.731. The van der Waals surface area contributed by atoms with E-state index in [9.17, 15) is 19.2 Å². The quantitative estimate of drug-likeness (QED) is 0.648. The van der Waals surface area contributed by atoms with E-state index in [0.717, 1.165) is 11.3 Å². The van der Waals surface area contributed by atoms with Gasteiger partial charge < -0.3 is 15.4 Å². The Balaban J connectivity index is 1.76. The van der Waals surface area contributed by atoms with Crippen molar-refractivity contribution in [2.75, 3.05) is 11.9 Å². The number of fused-ring (bicyclic) bond motifs is 1. The van der Waals surface area contributed by atoms with Gasteiger partial charge in [-0.05, 0) is 25.5 Å². The number of nitrogens with one attached hydrogen (secondary N) is 3. The van der Waals surface area contributed by atoms with Crippen LogP contribution in [0.25, 0.3) is 0 Å². The Kier molecular flexibility index (Phi) is 7.02. The van der Waals surface area contributed by atoms with Gasteiger partial charge in [0, 0.05) is 10.9 Å². The molecule has 0 fully saturated rings. The summed E-state index contributed by atoms with van der Waals surface area (Å²) in [6.07, 6.45) is 0.554. The normalized spacial score (nSPS) is 16.7. The molecule has 1 heterocycles. The average Bonchev–Trinajstić information content (AvgIpc) is 2.60. The first-order valence-corrected chi connectivity index (χ1v) is 9.09. The van der Waals surface area contributed by atoms with Gasteiger partial charge in [-0.3, -0.25) is 19.7 Å². The number of benzene rings is 1. The molecule has 0 aromatic heterocycles. The van der Waals surface area contributed by atoms with Gasteiger partial charge in [0.25, 0.3) is 5.91 Å². The van der Waals surface area contributed by atoms with Crippen LogP contribution in [0.4, 0.5) is 10.5 Å². The van der Waals surface area contributed by atoms with Crippen LogP contribution >= 0.6 is 11.8 Å². The summed E-state index contributed by atoms with van der Waals surface area (Å²) in [6.45, 7) is 3.11. The summed E-state index contributed by atoms with van der Waals surface area (Å²) in [5, 5.41) is 6.74. The van der Waals surface area contributed by atoms with Crippen LogP contribution in [0, 0.1) is 0 Å². The molecule has 0 saturated heterocycles. The summed E-state index contributed by atoms with van der Waals surface area (Å²) >= 11 is 1.27. The van der Waals surface area contributed by atoms with Crippen molar-refractivity contribution in [3.05, 3.63) is 24.3 Å². The highest BCUT2D eigenvalue weighted by Crippen LogP contribution is 2.36. The lowest BCUT2D eigenvalue weighted by atomic mass is 10.2. The molecule has 9 heteroatoms. The van der Waals surface area contributed by atoms with E-state index < -0.39 is 29.8 Å². The summed E-state index contributed by atoms with van der Waals surface area (Å²) in [5.41, 5.74) is 0.707. The monoisotopic (exact) mass is 379 g/mol. The topological polar surface area (TPSA) is 114 Å². The van der Waals surface area contributed by atoms with Gasteiger partial charge in [0.1, 0.15) is 0 Å². The zero-order chi connectivity index (χ0) is 19.1. The van der Waals surface area contributed by atoms with Gasteiger partial charge in [-0.2, -0.15) is 0 Å². The third kappa shape index (κ3) is 5.76. The van der Waals surface area contributed by atoms with Crippen molar-refractivity contribution in [2.45, 2.75) is 42.9 Å². The fourth-order valence-corrected chi connectivity index (χ4v) is 3.20. The van der Waals surface area contributed by atoms with Crippen LogP contribution in [0.15, 0.2) is 29.2 Å². The van der Waals surface area contributed by atoms with E-state index in [1.165, 1.54) is 11.8 Å². The van der Waals surface area contributed by atoms with Crippen LogP contribution in [0.3, 0.4) is 0 Å². The first-order chi connectivity index (χ1) is 12.4. The lowest BCUT2D eigenvalue weighted by molar-refractivity contribution is -0.148. The Bertz CT molecular complexity index is 709. The molecule has 140 valence electrons. The molecule has 1 aliphatic heterocycles. The molecule has 26 heavy (non-hydrogen) atoms. The predicted molar refractivity (Wildman–Crippen MR) is 96.7 cm³/mol.